The van der Waals surface area contributed by atoms with Crippen molar-refractivity contribution in [1.29, 1.82) is 0 Å². The van der Waals surface area contributed by atoms with Crippen LogP contribution in [0.5, 0.6) is 0 Å². The van der Waals surface area contributed by atoms with Gasteiger partial charge in [0.25, 0.3) is 0 Å². The number of benzene rings is 1. The van der Waals surface area contributed by atoms with Gasteiger partial charge in [0, 0.05) is 45.6 Å². The molecule has 178 valence electrons. The lowest BCUT2D eigenvalue weighted by Crippen LogP contribution is -2.52. The first kappa shape index (κ1) is 22.8. The highest BCUT2D eigenvalue weighted by atomic mass is 32.2. The summed E-state index contributed by atoms with van der Waals surface area (Å²) in [6.07, 6.45) is 16.4. The van der Waals surface area contributed by atoms with Gasteiger partial charge in [-0.05, 0) is 69.9 Å². The molecule has 2 N–H and O–H groups in total. The molecule has 5 rings (SSSR count). The maximum atomic E-state index is 12.3. The SMILES string of the molecule is CC(C)=Nc1cc2c(cc1Nc1cccnc1)NC1CCCCC1N2C1=CC(S(C)=O)=CCC1. The van der Waals surface area contributed by atoms with Gasteiger partial charge in [-0.2, -0.15) is 0 Å². The number of hydrogen-bond acceptors (Lipinski definition) is 6. The third-order valence-corrected chi connectivity index (χ3v) is 7.70. The standard InChI is InChI=1S/C27H33N5OS/c1-18(2)29-24-16-27-25(15-23(24)30-19-8-7-13-28-17-19)31-22-11-4-5-12-26(22)32(27)20-9-6-10-21(14-20)34(3)33/h7-8,10,13-17,22,26,30-31H,4-6,9,11-12H2,1-3H3. The molecule has 6 nitrogen and oxygen atoms in total. The predicted octanol–water partition coefficient (Wildman–Crippen LogP) is 6.42. The molecule has 0 amide bonds. The van der Waals surface area contributed by atoms with E-state index in [1.807, 2.05) is 32.2 Å². The first-order valence-corrected chi connectivity index (χ1v) is 13.7. The molecule has 0 radical (unpaired) electrons. The average molecular weight is 476 g/mol. The van der Waals surface area contributed by atoms with Crippen molar-refractivity contribution in [3.05, 3.63) is 59.4 Å². The Hall–Kier alpha value is -2.93. The summed E-state index contributed by atoms with van der Waals surface area (Å²) in [5, 5.41) is 7.39. The van der Waals surface area contributed by atoms with E-state index in [1.54, 1.807) is 12.5 Å². The second-order valence-electron chi connectivity index (χ2n) is 9.52. The van der Waals surface area contributed by atoms with Gasteiger partial charge in [-0.1, -0.05) is 18.9 Å². The van der Waals surface area contributed by atoms with Crippen LogP contribution in [0, 0.1) is 0 Å². The van der Waals surface area contributed by atoms with Crippen LogP contribution < -0.4 is 15.5 Å². The number of aromatic nitrogens is 1. The molecule has 1 aliphatic heterocycles. The second kappa shape index (κ2) is 9.74. The maximum absolute atomic E-state index is 12.3. The predicted molar refractivity (Wildman–Crippen MR) is 144 cm³/mol. The van der Waals surface area contributed by atoms with E-state index in [1.165, 1.54) is 18.5 Å². The molecule has 0 saturated heterocycles. The summed E-state index contributed by atoms with van der Waals surface area (Å²) >= 11 is 0. The van der Waals surface area contributed by atoms with Crippen molar-refractivity contribution in [2.24, 2.45) is 4.99 Å². The highest BCUT2D eigenvalue weighted by molar-refractivity contribution is 7.88. The molecular formula is C27H33N5OS. The lowest BCUT2D eigenvalue weighted by molar-refractivity contribution is 0.384. The van der Waals surface area contributed by atoms with Crippen LogP contribution in [0.2, 0.25) is 0 Å². The highest BCUT2D eigenvalue weighted by Crippen LogP contribution is 2.47. The molecule has 0 spiro atoms. The number of fused-ring (bicyclic) bond motifs is 2. The zero-order valence-corrected chi connectivity index (χ0v) is 21.0. The number of rotatable bonds is 5. The minimum atomic E-state index is -0.979. The fourth-order valence-electron chi connectivity index (χ4n) is 5.30. The topological polar surface area (TPSA) is 69.6 Å². The van der Waals surface area contributed by atoms with E-state index in [2.05, 4.69) is 44.8 Å². The Morgan fingerprint density at radius 2 is 2.12 bits per heavy atom. The first-order valence-electron chi connectivity index (χ1n) is 12.2. The van der Waals surface area contributed by atoms with E-state index >= 15 is 0 Å². The summed E-state index contributed by atoms with van der Waals surface area (Å²) in [4.78, 5) is 12.6. The van der Waals surface area contributed by atoms with Crippen molar-refractivity contribution in [2.45, 2.75) is 64.5 Å². The van der Waals surface area contributed by atoms with E-state index < -0.39 is 10.8 Å². The summed E-state index contributed by atoms with van der Waals surface area (Å²) in [5.74, 6) is 0. The molecule has 1 aromatic heterocycles. The third-order valence-electron chi connectivity index (χ3n) is 6.76. The Labute approximate surface area is 204 Å². The summed E-state index contributed by atoms with van der Waals surface area (Å²) < 4.78 is 12.3. The van der Waals surface area contributed by atoms with Crippen LogP contribution in [0.3, 0.4) is 0 Å². The van der Waals surface area contributed by atoms with Crippen molar-refractivity contribution >= 4 is 44.9 Å². The second-order valence-corrected chi connectivity index (χ2v) is 10.9. The van der Waals surface area contributed by atoms with E-state index in [0.29, 0.717) is 12.1 Å². The van der Waals surface area contributed by atoms with Crippen LogP contribution in [0.15, 0.2) is 64.4 Å². The van der Waals surface area contributed by atoms with Gasteiger partial charge in [0.2, 0.25) is 0 Å². The van der Waals surface area contributed by atoms with Gasteiger partial charge in [0.1, 0.15) is 0 Å². The van der Waals surface area contributed by atoms with Crippen molar-refractivity contribution in [1.82, 2.24) is 4.98 Å². The Morgan fingerprint density at radius 1 is 1.26 bits per heavy atom. The number of pyridine rings is 1. The van der Waals surface area contributed by atoms with Gasteiger partial charge < -0.3 is 15.5 Å². The summed E-state index contributed by atoms with van der Waals surface area (Å²) in [7, 11) is -0.979. The molecule has 34 heavy (non-hydrogen) atoms. The van der Waals surface area contributed by atoms with Gasteiger partial charge in [-0.15, -0.1) is 0 Å². The molecule has 2 aliphatic carbocycles. The first-order chi connectivity index (χ1) is 16.5. The summed E-state index contributed by atoms with van der Waals surface area (Å²) in [5.41, 5.74) is 7.36. The fourth-order valence-corrected chi connectivity index (χ4v) is 5.96. The molecule has 3 atom stereocenters. The van der Waals surface area contributed by atoms with E-state index in [4.69, 9.17) is 4.99 Å². The Morgan fingerprint density at radius 3 is 2.88 bits per heavy atom. The Balaban J connectivity index is 1.63. The molecule has 1 aromatic carbocycles. The average Bonchev–Trinajstić information content (AvgIpc) is 2.83. The molecule has 3 aliphatic rings. The quantitative estimate of drug-likeness (QED) is 0.488. The lowest BCUT2D eigenvalue weighted by atomic mass is 9.85. The van der Waals surface area contributed by atoms with Crippen molar-refractivity contribution in [3.63, 3.8) is 0 Å². The van der Waals surface area contributed by atoms with Crippen LogP contribution in [0.1, 0.15) is 52.4 Å². The number of aliphatic imine (C=N–C) groups is 1. The van der Waals surface area contributed by atoms with Crippen molar-refractivity contribution in [3.8, 4) is 0 Å². The Bertz CT molecular complexity index is 1180. The lowest BCUT2D eigenvalue weighted by Gasteiger charge is -2.48. The molecule has 2 aromatic rings. The van der Waals surface area contributed by atoms with Crippen molar-refractivity contribution < 1.29 is 4.21 Å². The molecule has 1 fully saturated rings. The molecule has 1 saturated carbocycles. The van der Waals surface area contributed by atoms with Gasteiger partial charge in [0.05, 0.1) is 40.7 Å². The molecular weight excluding hydrogens is 442 g/mol. The van der Waals surface area contributed by atoms with Gasteiger partial charge in [-0.3, -0.25) is 14.2 Å². The fraction of sp³-hybridized carbons (Fsp3) is 0.407. The van der Waals surface area contributed by atoms with E-state index in [0.717, 1.165) is 64.7 Å². The minimum absolute atomic E-state index is 0.397. The third kappa shape index (κ3) is 4.67. The smallest absolute Gasteiger partial charge is 0.0885 e. The van der Waals surface area contributed by atoms with E-state index in [9.17, 15) is 4.21 Å². The molecule has 2 heterocycles. The summed E-state index contributed by atoms with van der Waals surface area (Å²) in [6.45, 7) is 4.05. The largest absolute Gasteiger partial charge is 0.378 e. The normalized spacial score (nSPS) is 22.4. The van der Waals surface area contributed by atoms with Crippen LogP contribution in [0.25, 0.3) is 0 Å². The molecule has 7 heteroatoms. The number of allylic oxidation sites excluding steroid dienone is 3. The van der Waals surface area contributed by atoms with Gasteiger partial charge >= 0.3 is 0 Å². The number of hydrogen-bond donors (Lipinski definition) is 2. The van der Waals surface area contributed by atoms with Crippen LogP contribution >= 0.6 is 0 Å². The number of nitrogens with zero attached hydrogens (tertiary/aromatic N) is 3. The van der Waals surface area contributed by atoms with Crippen LogP contribution in [0.4, 0.5) is 28.4 Å². The number of nitrogens with one attached hydrogen (secondary N) is 2. The minimum Gasteiger partial charge on any atom is -0.378 e. The monoisotopic (exact) mass is 475 g/mol. The van der Waals surface area contributed by atoms with Crippen LogP contribution in [-0.2, 0) is 10.8 Å². The summed E-state index contributed by atoms with van der Waals surface area (Å²) in [6, 6.07) is 9.15. The highest BCUT2D eigenvalue weighted by Gasteiger charge is 2.38. The molecule has 3 unspecified atom stereocenters. The molecule has 0 bridgehead atoms. The van der Waals surface area contributed by atoms with Crippen LogP contribution in [-0.4, -0.2) is 33.2 Å². The number of anilines is 4. The zero-order valence-electron chi connectivity index (χ0n) is 20.2. The van der Waals surface area contributed by atoms with Gasteiger partial charge in [0.15, 0.2) is 0 Å². The van der Waals surface area contributed by atoms with Gasteiger partial charge in [-0.25, -0.2) is 0 Å². The van der Waals surface area contributed by atoms with Crippen molar-refractivity contribution in [2.75, 3.05) is 21.8 Å². The zero-order chi connectivity index (χ0) is 23.7. The maximum Gasteiger partial charge on any atom is 0.0885 e. The van der Waals surface area contributed by atoms with E-state index in [-0.39, 0.29) is 0 Å². The Kier molecular flexibility index (Phi) is 6.55.